The quantitative estimate of drug-likeness (QED) is 0.816. The molecule has 0 aromatic heterocycles. The van der Waals surface area contributed by atoms with Crippen LogP contribution in [-0.4, -0.2) is 18.9 Å². The van der Waals surface area contributed by atoms with Gasteiger partial charge in [-0.05, 0) is 25.0 Å². The van der Waals surface area contributed by atoms with Crippen LogP contribution in [0.2, 0.25) is 0 Å². The number of ketones is 1. The Morgan fingerprint density at radius 2 is 2.18 bits per heavy atom. The van der Waals surface area contributed by atoms with Crippen LogP contribution in [0.1, 0.15) is 36.5 Å². The molecule has 0 bridgehead atoms. The molecule has 1 fully saturated rings. The number of rotatable bonds is 3. The molecule has 0 spiro atoms. The van der Waals surface area contributed by atoms with Gasteiger partial charge in [0.25, 0.3) is 0 Å². The molecule has 0 radical (unpaired) electrons. The van der Waals surface area contributed by atoms with Gasteiger partial charge in [-0.15, -0.1) is 0 Å². The molecule has 0 aliphatic heterocycles. The number of ether oxygens (including phenoxy) is 1. The molecular weight excluding hydrogens is 214 g/mol. The van der Waals surface area contributed by atoms with Gasteiger partial charge in [-0.3, -0.25) is 4.79 Å². The first-order chi connectivity index (χ1) is 8.09. The normalized spacial score (nSPS) is 28.1. The van der Waals surface area contributed by atoms with Gasteiger partial charge in [0.05, 0.1) is 12.7 Å². The highest BCUT2D eigenvalue weighted by molar-refractivity contribution is 6.03. The Kier molecular flexibility index (Phi) is 3.20. The minimum absolute atomic E-state index is 0.0417. The van der Waals surface area contributed by atoms with E-state index in [1.807, 2.05) is 31.2 Å². The van der Waals surface area contributed by atoms with Gasteiger partial charge in [-0.1, -0.05) is 25.5 Å². The third-order valence-corrected chi connectivity index (χ3v) is 3.90. The molecule has 0 saturated heterocycles. The lowest BCUT2D eigenvalue weighted by molar-refractivity contribution is 0.0799. The van der Waals surface area contributed by atoms with Crippen molar-refractivity contribution in [3.05, 3.63) is 29.8 Å². The van der Waals surface area contributed by atoms with Gasteiger partial charge in [-0.2, -0.15) is 0 Å². The predicted molar refractivity (Wildman–Crippen MR) is 67.3 cm³/mol. The second-order valence-corrected chi connectivity index (χ2v) is 4.95. The Balaban J connectivity index is 2.37. The van der Waals surface area contributed by atoms with Gasteiger partial charge >= 0.3 is 0 Å². The molecule has 2 rings (SSSR count). The van der Waals surface area contributed by atoms with Crippen LogP contribution in [-0.2, 0) is 0 Å². The highest BCUT2D eigenvalue weighted by atomic mass is 16.5. The van der Waals surface area contributed by atoms with E-state index in [0.29, 0.717) is 11.3 Å². The van der Waals surface area contributed by atoms with Crippen molar-refractivity contribution in [2.45, 2.75) is 32.2 Å². The summed E-state index contributed by atoms with van der Waals surface area (Å²) >= 11 is 0. The highest BCUT2D eigenvalue weighted by Gasteiger charge is 2.43. The monoisotopic (exact) mass is 233 g/mol. The van der Waals surface area contributed by atoms with Crippen molar-refractivity contribution >= 4 is 5.78 Å². The number of carbonyl (C=O) groups is 1. The van der Waals surface area contributed by atoms with Crippen LogP contribution in [0.25, 0.3) is 0 Å². The van der Waals surface area contributed by atoms with E-state index in [4.69, 9.17) is 10.5 Å². The van der Waals surface area contributed by atoms with Crippen LogP contribution in [0, 0.1) is 5.41 Å². The Hall–Kier alpha value is -1.35. The molecule has 0 amide bonds. The zero-order chi connectivity index (χ0) is 12.5. The molecule has 3 heteroatoms. The fraction of sp³-hybridized carbons (Fsp3) is 0.500. The van der Waals surface area contributed by atoms with E-state index < -0.39 is 5.41 Å². The Labute approximate surface area is 102 Å². The lowest BCUT2D eigenvalue weighted by atomic mass is 9.78. The van der Waals surface area contributed by atoms with Gasteiger partial charge < -0.3 is 10.5 Å². The minimum Gasteiger partial charge on any atom is -0.496 e. The number of nitrogens with two attached hydrogens (primary N) is 1. The van der Waals surface area contributed by atoms with Crippen molar-refractivity contribution in [3.8, 4) is 5.75 Å². The summed E-state index contributed by atoms with van der Waals surface area (Å²) in [6.07, 6.45) is 2.82. The summed E-state index contributed by atoms with van der Waals surface area (Å²) in [6, 6.07) is 7.32. The van der Waals surface area contributed by atoms with E-state index in [0.717, 1.165) is 19.3 Å². The van der Waals surface area contributed by atoms with Gasteiger partial charge in [0.15, 0.2) is 5.78 Å². The summed E-state index contributed by atoms with van der Waals surface area (Å²) < 4.78 is 5.24. The molecule has 1 aliphatic carbocycles. The Morgan fingerprint density at radius 3 is 2.76 bits per heavy atom. The van der Waals surface area contributed by atoms with Gasteiger partial charge in [0.1, 0.15) is 5.75 Å². The van der Waals surface area contributed by atoms with Crippen LogP contribution in [0.5, 0.6) is 5.75 Å². The molecule has 1 aromatic carbocycles. The van der Waals surface area contributed by atoms with Crippen molar-refractivity contribution < 1.29 is 9.53 Å². The number of hydrogen-bond donors (Lipinski definition) is 1. The summed E-state index contributed by atoms with van der Waals surface area (Å²) in [5.74, 6) is 0.748. The number of carbonyl (C=O) groups excluding carboxylic acids is 1. The molecule has 1 aromatic rings. The zero-order valence-electron chi connectivity index (χ0n) is 10.4. The number of Topliss-reactive ketones (excluding diaryl/α,β-unsaturated/α-hetero) is 1. The molecule has 3 nitrogen and oxygen atoms in total. The van der Waals surface area contributed by atoms with Crippen molar-refractivity contribution in [2.75, 3.05) is 7.11 Å². The number of benzene rings is 1. The first-order valence-corrected chi connectivity index (χ1v) is 6.03. The maximum Gasteiger partial charge on any atom is 0.173 e. The number of methoxy groups -OCH3 is 1. The molecule has 2 N–H and O–H groups in total. The summed E-state index contributed by atoms with van der Waals surface area (Å²) in [7, 11) is 1.59. The second-order valence-electron chi connectivity index (χ2n) is 4.95. The summed E-state index contributed by atoms with van der Waals surface area (Å²) in [6.45, 7) is 1.97. The standard InChI is InChI=1S/C14H19NO2/c1-14(9-5-8-12(14)15)13(16)10-6-3-4-7-11(10)17-2/h3-4,6-7,12H,5,8-9,15H2,1-2H3. The van der Waals surface area contributed by atoms with Crippen LogP contribution >= 0.6 is 0 Å². The van der Waals surface area contributed by atoms with Crippen molar-refractivity contribution in [2.24, 2.45) is 11.1 Å². The molecule has 0 heterocycles. The third-order valence-electron chi connectivity index (χ3n) is 3.90. The van der Waals surface area contributed by atoms with Gasteiger partial charge in [0.2, 0.25) is 0 Å². The van der Waals surface area contributed by atoms with Crippen LogP contribution in [0.4, 0.5) is 0 Å². The predicted octanol–water partition coefficient (Wildman–Crippen LogP) is 2.40. The average molecular weight is 233 g/mol. The van der Waals surface area contributed by atoms with Crippen LogP contribution < -0.4 is 10.5 Å². The van der Waals surface area contributed by atoms with Crippen molar-refractivity contribution in [1.29, 1.82) is 0 Å². The molecule has 1 saturated carbocycles. The molecule has 1 aliphatic rings. The SMILES string of the molecule is COc1ccccc1C(=O)C1(C)CCCC1N. The fourth-order valence-electron chi connectivity index (χ4n) is 2.61. The van der Waals surface area contributed by atoms with E-state index in [1.54, 1.807) is 7.11 Å². The topological polar surface area (TPSA) is 52.3 Å². The average Bonchev–Trinajstić information content (AvgIpc) is 2.70. The lowest BCUT2D eigenvalue weighted by Crippen LogP contribution is -2.41. The second kappa shape index (κ2) is 4.49. The molecule has 2 atom stereocenters. The minimum atomic E-state index is -0.436. The Morgan fingerprint density at radius 1 is 1.47 bits per heavy atom. The van der Waals surface area contributed by atoms with Crippen molar-refractivity contribution in [1.82, 2.24) is 0 Å². The van der Waals surface area contributed by atoms with Gasteiger partial charge in [-0.25, -0.2) is 0 Å². The maximum absolute atomic E-state index is 12.6. The largest absolute Gasteiger partial charge is 0.496 e. The molecular formula is C14H19NO2. The van der Waals surface area contributed by atoms with E-state index >= 15 is 0 Å². The molecule has 17 heavy (non-hydrogen) atoms. The van der Waals surface area contributed by atoms with E-state index in [-0.39, 0.29) is 11.8 Å². The van der Waals surface area contributed by atoms with Crippen LogP contribution in [0.3, 0.4) is 0 Å². The zero-order valence-corrected chi connectivity index (χ0v) is 10.4. The first-order valence-electron chi connectivity index (χ1n) is 6.03. The van der Waals surface area contributed by atoms with E-state index in [2.05, 4.69) is 0 Å². The fourth-order valence-corrected chi connectivity index (χ4v) is 2.61. The Bertz CT molecular complexity index is 430. The summed E-state index contributed by atoms with van der Waals surface area (Å²) in [5, 5.41) is 0. The van der Waals surface area contributed by atoms with Crippen LogP contribution in [0.15, 0.2) is 24.3 Å². The smallest absolute Gasteiger partial charge is 0.173 e. The molecule has 92 valence electrons. The summed E-state index contributed by atoms with van der Waals surface area (Å²) in [5.41, 5.74) is 6.29. The summed E-state index contributed by atoms with van der Waals surface area (Å²) in [4.78, 5) is 12.6. The molecule has 2 unspecified atom stereocenters. The maximum atomic E-state index is 12.6. The lowest BCUT2D eigenvalue weighted by Gasteiger charge is -2.27. The van der Waals surface area contributed by atoms with Gasteiger partial charge in [0, 0.05) is 11.5 Å². The van der Waals surface area contributed by atoms with Crippen molar-refractivity contribution in [3.63, 3.8) is 0 Å². The number of para-hydroxylation sites is 1. The van der Waals surface area contributed by atoms with E-state index in [1.165, 1.54) is 0 Å². The van der Waals surface area contributed by atoms with E-state index in [9.17, 15) is 4.79 Å². The highest BCUT2D eigenvalue weighted by Crippen LogP contribution is 2.40. The first kappa shape index (κ1) is 12.1. The third kappa shape index (κ3) is 1.95. The number of hydrogen-bond acceptors (Lipinski definition) is 3.